The van der Waals surface area contributed by atoms with Gasteiger partial charge >= 0.3 is 0 Å². The molecule has 4 nitrogen and oxygen atoms in total. The van der Waals surface area contributed by atoms with Gasteiger partial charge in [0.05, 0.1) is 6.20 Å². The molecule has 0 saturated carbocycles. The van der Waals surface area contributed by atoms with Crippen LogP contribution in [0.25, 0.3) is 0 Å². The van der Waals surface area contributed by atoms with Gasteiger partial charge in [-0.3, -0.25) is 4.98 Å². The Morgan fingerprint density at radius 2 is 2.00 bits per heavy atom. The highest BCUT2D eigenvalue weighted by Gasteiger charge is 2.09. The van der Waals surface area contributed by atoms with Crippen LogP contribution in [0, 0.1) is 20.8 Å². The van der Waals surface area contributed by atoms with Gasteiger partial charge in [0, 0.05) is 25.5 Å². The van der Waals surface area contributed by atoms with Crippen molar-refractivity contribution in [3.05, 3.63) is 46.9 Å². The summed E-state index contributed by atoms with van der Waals surface area (Å²) in [4.78, 5) is 6.32. The number of pyridine rings is 1. The molecule has 0 bridgehead atoms. The summed E-state index contributed by atoms with van der Waals surface area (Å²) in [6.45, 7) is 6.94. The van der Waals surface area contributed by atoms with Gasteiger partial charge in [0.25, 0.3) is 0 Å². The first-order valence-corrected chi connectivity index (χ1v) is 5.99. The van der Waals surface area contributed by atoms with E-state index in [-0.39, 0.29) is 0 Å². The Morgan fingerprint density at radius 1 is 1.22 bits per heavy atom. The van der Waals surface area contributed by atoms with Crippen LogP contribution in [0.2, 0.25) is 0 Å². The molecule has 0 aliphatic heterocycles. The molecule has 0 amide bonds. The van der Waals surface area contributed by atoms with Gasteiger partial charge in [-0.05, 0) is 49.6 Å². The van der Waals surface area contributed by atoms with Crippen LogP contribution in [0.5, 0.6) is 0 Å². The maximum atomic E-state index is 4.22. The average Bonchev–Trinajstić information content (AvgIpc) is 2.32. The molecule has 2 aromatic heterocycles. The van der Waals surface area contributed by atoms with Gasteiger partial charge in [-0.2, -0.15) is 5.10 Å². The van der Waals surface area contributed by atoms with Crippen molar-refractivity contribution in [1.82, 2.24) is 15.2 Å². The normalized spacial score (nSPS) is 10.4. The van der Waals surface area contributed by atoms with E-state index < -0.39 is 0 Å². The third-order valence-electron chi connectivity index (χ3n) is 3.07. The van der Waals surface area contributed by atoms with E-state index in [2.05, 4.69) is 40.0 Å². The van der Waals surface area contributed by atoms with Gasteiger partial charge in [0.15, 0.2) is 5.82 Å². The molecule has 94 valence electrons. The Labute approximate surface area is 108 Å². The van der Waals surface area contributed by atoms with Crippen molar-refractivity contribution >= 4 is 5.82 Å². The lowest BCUT2D eigenvalue weighted by atomic mass is 10.1. The summed E-state index contributed by atoms with van der Waals surface area (Å²) in [5, 5.41) is 8.24. The predicted molar refractivity (Wildman–Crippen MR) is 72.6 cm³/mol. The second kappa shape index (κ2) is 5.12. The minimum absolute atomic E-state index is 0.808. The topological polar surface area (TPSA) is 41.9 Å². The zero-order chi connectivity index (χ0) is 13.1. The van der Waals surface area contributed by atoms with Crippen LogP contribution in [-0.2, 0) is 6.54 Å². The van der Waals surface area contributed by atoms with E-state index in [0.29, 0.717) is 0 Å². The van der Waals surface area contributed by atoms with Crippen molar-refractivity contribution in [3.8, 4) is 0 Å². The van der Waals surface area contributed by atoms with Crippen LogP contribution in [-0.4, -0.2) is 22.2 Å². The van der Waals surface area contributed by atoms with Crippen LogP contribution in [0.4, 0.5) is 5.82 Å². The van der Waals surface area contributed by atoms with Crippen LogP contribution in [0.3, 0.4) is 0 Å². The molecule has 0 saturated heterocycles. The molecule has 0 atom stereocenters. The molecule has 0 spiro atoms. The lowest BCUT2D eigenvalue weighted by Gasteiger charge is -2.20. The predicted octanol–water partition coefficient (Wildman–Crippen LogP) is 2.43. The van der Waals surface area contributed by atoms with Crippen molar-refractivity contribution < 1.29 is 0 Å². The molecule has 18 heavy (non-hydrogen) atoms. The Hall–Kier alpha value is -1.97. The van der Waals surface area contributed by atoms with Crippen molar-refractivity contribution in [3.63, 3.8) is 0 Å². The first-order valence-electron chi connectivity index (χ1n) is 5.99. The maximum absolute atomic E-state index is 4.22. The third kappa shape index (κ3) is 2.64. The number of hydrogen-bond acceptors (Lipinski definition) is 4. The van der Waals surface area contributed by atoms with Gasteiger partial charge in [-0.25, -0.2) is 0 Å². The first-order chi connectivity index (χ1) is 8.58. The molecule has 0 N–H and O–H groups in total. The maximum Gasteiger partial charge on any atom is 0.154 e. The zero-order valence-corrected chi connectivity index (χ0v) is 11.3. The minimum atomic E-state index is 0.808. The molecule has 0 aliphatic carbocycles. The number of aryl methyl sites for hydroxylation is 2. The Balaban J connectivity index is 2.22. The largest absolute Gasteiger partial charge is 0.354 e. The second-order valence-corrected chi connectivity index (χ2v) is 4.64. The molecule has 0 radical (unpaired) electrons. The summed E-state index contributed by atoms with van der Waals surface area (Å²) in [5.74, 6) is 0.935. The van der Waals surface area contributed by atoms with E-state index in [9.17, 15) is 0 Å². The number of aromatic nitrogens is 3. The average molecular weight is 242 g/mol. The lowest BCUT2D eigenvalue weighted by Crippen LogP contribution is -2.19. The molecule has 2 heterocycles. The van der Waals surface area contributed by atoms with E-state index in [1.54, 1.807) is 6.20 Å². The smallest absolute Gasteiger partial charge is 0.154 e. The number of anilines is 1. The molecule has 4 heteroatoms. The fourth-order valence-electron chi connectivity index (χ4n) is 1.93. The third-order valence-corrected chi connectivity index (χ3v) is 3.07. The molecule has 2 rings (SSSR count). The van der Waals surface area contributed by atoms with E-state index in [1.165, 1.54) is 11.1 Å². The molecule has 0 fully saturated rings. The van der Waals surface area contributed by atoms with Gasteiger partial charge < -0.3 is 4.90 Å². The Kier molecular flexibility index (Phi) is 3.55. The molecule has 0 aromatic carbocycles. The van der Waals surface area contributed by atoms with Crippen molar-refractivity contribution in [1.29, 1.82) is 0 Å². The van der Waals surface area contributed by atoms with Gasteiger partial charge in [-0.1, -0.05) is 0 Å². The van der Waals surface area contributed by atoms with Crippen LogP contribution in [0.1, 0.15) is 22.4 Å². The SMILES string of the molecule is Cc1cc(CN(C)c2nncc(C)c2C)ccn1. The molecule has 2 aromatic rings. The molecule has 0 unspecified atom stereocenters. The fourth-order valence-corrected chi connectivity index (χ4v) is 1.93. The monoisotopic (exact) mass is 242 g/mol. The van der Waals surface area contributed by atoms with Crippen molar-refractivity contribution in [2.75, 3.05) is 11.9 Å². The van der Waals surface area contributed by atoms with Crippen LogP contribution < -0.4 is 4.90 Å². The van der Waals surface area contributed by atoms with Crippen molar-refractivity contribution in [2.24, 2.45) is 0 Å². The summed E-state index contributed by atoms with van der Waals surface area (Å²) in [6, 6.07) is 4.12. The first kappa shape index (κ1) is 12.5. The van der Waals surface area contributed by atoms with Crippen molar-refractivity contribution in [2.45, 2.75) is 27.3 Å². The number of rotatable bonds is 3. The highest BCUT2D eigenvalue weighted by Crippen LogP contribution is 2.19. The minimum Gasteiger partial charge on any atom is -0.354 e. The lowest BCUT2D eigenvalue weighted by molar-refractivity contribution is 0.849. The van der Waals surface area contributed by atoms with Gasteiger partial charge in [-0.15, -0.1) is 5.10 Å². The summed E-state index contributed by atoms with van der Waals surface area (Å²) in [7, 11) is 2.03. The summed E-state index contributed by atoms with van der Waals surface area (Å²) < 4.78 is 0. The quantitative estimate of drug-likeness (QED) is 0.829. The summed E-state index contributed by atoms with van der Waals surface area (Å²) in [5.41, 5.74) is 4.61. The highest BCUT2D eigenvalue weighted by atomic mass is 15.2. The molecule has 0 aliphatic rings. The summed E-state index contributed by atoms with van der Waals surface area (Å²) in [6.07, 6.45) is 3.64. The number of nitrogens with zero attached hydrogens (tertiary/aromatic N) is 4. The summed E-state index contributed by atoms with van der Waals surface area (Å²) >= 11 is 0. The van der Waals surface area contributed by atoms with Gasteiger partial charge in [0.2, 0.25) is 0 Å². The number of hydrogen-bond donors (Lipinski definition) is 0. The van der Waals surface area contributed by atoms with Crippen LogP contribution >= 0.6 is 0 Å². The van der Waals surface area contributed by atoms with E-state index in [0.717, 1.165) is 23.6 Å². The van der Waals surface area contributed by atoms with E-state index >= 15 is 0 Å². The molecular formula is C14H18N4. The fraction of sp³-hybridized carbons (Fsp3) is 0.357. The van der Waals surface area contributed by atoms with E-state index in [1.807, 2.05) is 26.2 Å². The highest BCUT2D eigenvalue weighted by molar-refractivity contribution is 5.47. The molecular weight excluding hydrogens is 224 g/mol. The van der Waals surface area contributed by atoms with E-state index in [4.69, 9.17) is 0 Å². The zero-order valence-electron chi connectivity index (χ0n) is 11.3. The Morgan fingerprint density at radius 3 is 2.72 bits per heavy atom. The second-order valence-electron chi connectivity index (χ2n) is 4.64. The van der Waals surface area contributed by atoms with Gasteiger partial charge in [0.1, 0.15) is 0 Å². The van der Waals surface area contributed by atoms with Crippen LogP contribution in [0.15, 0.2) is 24.5 Å². The standard InChI is InChI=1S/C14H18N4/c1-10-8-16-17-14(12(10)3)18(4)9-13-5-6-15-11(2)7-13/h5-8H,9H2,1-4H3. The Bertz CT molecular complexity index is 551.